The monoisotopic (exact) mass is 566 g/mol. The molecule has 0 aliphatic carbocycles. The summed E-state index contributed by atoms with van der Waals surface area (Å²) in [6.45, 7) is 0. The lowest BCUT2D eigenvalue weighted by Crippen LogP contribution is -2.50. The first-order valence-corrected chi connectivity index (χ1v) is 13.8. The van der Waals surface area contributed by atoms with Crippen molar-refractivity contribution in [2.24, 2.45) is 11.5 Å². The van der Waals surface area contributed by atoms with Gasteiger partial charge in [-0.2, -0.15) is 0 Å². The smallest absolute Gasteiger partial charge is 0.326 e. The molecule has 0 saturated heterocycles. The molecule has 0 aliphatic heterocycles. The number of carbonyl (C=O) groups is 4. The lowest BCUT2D eigenvalue weighted by molar-refractivity contribution is -0.142. The van der Waals surface area contributed by atoms with Gasteiger partial charge in [0.05, 0.1) is 12.1 Å². The second-order valence-electron chi connectivity index (χ2n) is 8.32. The van der Waals surface area contributed by atoms with Crippen molar-refractivity contribution in [3.05, 3.63) is 59.7 Å². The van der Waals surface area contributed by atoms with E-state index in [1.54, 1.807) is 24.3 Å². The van der Waals surface area contributed by atoms with Crippen LogP contribution in [0.2, 0.25) is 0 Å². The number of hydrogen-bond donors (Lipinski definition) is 8. The molecule has 2 aromatic carbocycles. The van der Waals surface area contributed by atoms with Crippen molar-refractivity contribution >= 4 is 45.3 Å². The average Bonchev–Trinajstić information content (AvgIpc) is 2.87. The number of nitrogens with two attached hydrogens (primary N) is 2. The van der Waals surface area contributed by atoms with Crippen molar-refractivity contribution in [2.45, 2.75) is 37.0 Å². The molecule has 0 heterocycles. The molecule has 0 radical (unpaired) electrons. The zero-order valence-corrected chi connectivity index (χ0v) is 21.8. The van der Waals surface area contributed by atoms with Gasteiger partial charge in [-0.05, 0) is 35.4 Å². The van der Waals surface area contributed by atoms with Gasteiger partial charge in [-0.15, -0.1) is 0 Å². The summed E-state index contributed by atoms with van der Waals surface area (Å²) in [5.41, 5.74) is 13.0. The summed E-state index contributed by atoms with van der Waals surface area (Å²) in [4.78, 5) is 47.8. The number of aromatic hydroxyl groups is 2. The number of aliphatic carboxylic acids is 2. The quantitative estimate of drug-likeness (QED) is 0.106. The number of carboxylic acid groups (broad SMARTS) is 2. The van der Waals surface area contributed by atoms with Crippen LogP contribution in [0.25, 0.3) is 0 Å². The summed E-state index contributed by atoms with van der Waals surface area (Å²) < 4.78 is 0. The molecule has 0 fully saturated rings. The SMILES string of the molecule is N[C@@H](CSSC[C@H](N)C(=O)N[C@H](Cc1ccc(O)cc1)C(=O)O)C(=O)N[C@@H](Cc1ccc(O)cc1)C(=O)O. The third-order valence-electron chi connectivity index (χ3n) is 5.23. The number of nitrogens with one attached hydrogen (secondary N) is 2. The molecular weight excluding hydrogens is 536 g/mol. The molecule has 38 heavy (non-hydrogen) atoms. The summed E-state index contributed by atoms with van der Waals surface area (Å²) in [6.07, 6.45) is 0.00796. The van der Waals surface area contributed by atoms with E-state index in [0.717, 1.165) is 21.6 Å². The predicted molar refractivity (Wildman–Crippen MR) is 144 cm³/mol. The summed E-state index contributed by atoms with van der Waals surface area (Å²) >= 11 is 0. The molecule has 12 nitrogen and oxygen atoms in total. The molecule has 0 aromatic heterocycles. The van der Waals surface area contributed by atoms with Gasteiger partial charge in [0.2, 0.25) is 11.8 Å². The van der Waals surface area contributed by atoms with Gasteiger partial charge in [-0.1, -0.05) is 45.9 Å². The number of phenolic OH excluding ortho intramolecular Hbond substituents is 2. The fourth-order valence-corrected chi connectivity index (χ4v) is 5.33. The maximum Gasteiger partial charge on any atom is 0.326 e. The average molecular weight is 567 g/mol. The molecule has 2 rings (SSSR count). The molecule has 0 saturated carbocycles. The van der Waals surface area contributed by atoms with E-state index in [2.05, 4.69) is 10.6 Å². The highest BCUT2D eigenvalue weighted by Crippen LogP contribution is 2.22. The van der Waals surface area contributed by atoms with Gasteiger partial charge < -0.3 is 42.5 Å². The molecule has 14 heteroatoms. The Bertz CT molecular complexity index is 1010. The molecule has 4 atom stereocenters. The van der Waals surface area contributed by atoms with Crippen LogP contribution in [0.5, 0.6) is 11.5 Å². The van der Waals surface area contributed by atoms with E-state index >= 15 is 0 Å². The minimum absolute atomic E-state index is 0.00398. The number of benzene rings is 2. The second-order valence-corrected chi connectivity index (χ2v) is 10.9. The fraction of sp³-hybridized carbons (Fsp3) is 0.333. The third kappa shape index (κ3) is 10.5. The van der Waals surface area contributed by atoms with Crippen molar-refractivity contribution in [2.75, 3.05) is 11.5 Å². The zero-order valence-electron chi connectivity index (χ0n) is 20.1. The van der Waals surface area contributed by atoms with Gasteiger partial charge in [-0.25, -0.2) is 9.59 Å². The van der Waals surface area contributed by atoms with Gasteiger partial charge in [0.25, 0.3) is 0 Å². The van der Waals surface area contributed by atoms with Gasteiger partial charge in [0.15, 0.2) is 0 Å². The number of rotatable bonds is 15. The predicted octanol–water partition coefficient (Wildman–Crippen LogP) is 0.0578. The van der Waals surface area contributed by atoms with Crippen molar-refractivity contribution in [1.29, 1.82) is 0 Å². The minimum Gasteiger partial charge on any atom is -0.508 e. The maximum atomic E-state index is 12.4. The van der Waals surface area contributed by atoms with E-state index in [1.807, 2.05) is 0 Å². The molecule has 206 valence electrons. The summed E-state index contributed by atoms with van der Waals surface area (Å²) in [5, 5.41) is 42.3. The summed E-state index contributed by atoms with van der Waals surface area (Å²) in [5.74, 6) is -3.51. The third-order valence-corrected chi connectivity index (χ3v) is 7.71. The maximum absolute atomic E-state index is 12.4. The Hall–Kier alpha value is -3.46. The highest BCUT2D eigenvalue weighted by molar-refractivity contribution is 8.76. The standard InChI is InChI=1S/C24H30N4O8S2/c25-17(21(31)27-19(23(33)34)9-13-1-5-15(29)6-2-13)11-37-38-12-18(26)22(32)28-20(24(35)36)10-14-3-7-16(30)8-4-14/h1-8,17-20,29-30H,9-12,25-26H2,(H,27,31)(H,28,32)(H,33,34)(H,35,36)/t17-,18-,19-,20+/m0/s1. The summed E-state index contributed by atoms with van der Waals surface area (Å²) in [7, 11) is 2.32. The van der Waals surface area contributed by atoms with E-state index < -0.39 is 47.9 Å². The molecule has 2 aromatic rings. The Morgan fingerprint density at radius 2 is 0.974 bits per heavy atom. The summed E-state index contributed by atoms with van der Waals surface area (Å²) in [6, 6.07) is 7.39. The minimum atomic E-state index is -1.23. The van der Waals surface area contributed by atoms with Crippen LogP contribution >= 0.6 is 21.6 Å². The molecular formula is C24H30N4O8S2. The molecule has 0 spiro atoms. The number of carbonyl (C=O) groups excluding carboxylic acids is 2. The molecule has 2 amide bonds. The van der Waals surface area contributed by atoms with Crippen molar-refractivity contribution in [3.8, 4) is 11.5 Å². The Kier molecular flexibility index (Phi) is 12.2. The van der Waals surface area contributed by atoms with Gasteiger partial charge in [0, 0.05) is 24.3 Å². The Morgan fingerprint density at radius 1 is 0.658 bits per heavy atom. The van der Waals surface area contributed by atoms with E-state index in [1.165, 1.54) is 24.3 Å². The lowest BCUT2D eigenvalue weighted by atomic mass is 10.1. The number of phenols is 2. The van der Waals surface area contributed by atoms with Gasteiger partial charge in [0.1, 0.15) is 23.6 Å². The highest BCUT2D eigenvalue weighted by Gasteiger charge is 2.25. The van der Waals surface area contributed by atoms with Crippen LogP contribution < -0.4 is 22.1 Å². The highest BCUT2D eigenvalue weighted by atomic mass is 33.1. The molecule has 0 unspecified atom stereocenters. The first-order valence-electron chi connectivity index (χ1n) is 11.3. The number of hydrogen-bond acceptors (Lipinski definition) is 10. The fourth-order valence-electron chi connectivity index (χ4n) is 3.09. The van der Waals surface area contributed by atoms with Gasteiger partial charge >= 0.3 is 11.9 Å². The van der Waals surface area contributed by atoms with Crippen LogP contribution in [-0.2, 0) is 32.0 Å². The largest absolute Gasteiger partial charge is 0.508 e. The Labute approximate surface area is 226 Å². The molecule has 10 N–H and O–H groups in total. The number of carboxylic acids is 2. The van der Waals surface area contributed by atoms with Crippen molar-refractivity contribution in [1.82, 2.24) is 10.6 Å². The normalized spacial score (nSPS) is 14.1. The molecule has 0 bridgehead atoms. The van der Waals surface area contributed by atoms with Gasteiger partial charge in [-0.3, -0.25) is 9.59 Å². The van der Waals surface area contributed by atoms with E-state index in [0.29, 0.717) is 11.1 Å². The second kappa shape index (κ2) is 15.1. The van der Waals surface area contributed by atoms with Crippen LogP contribution in [0.4, 0.5) is 0 Å². The Balaban J connectivity index is 1.76. The number of amides is 2. The van der Waals surface area contributed by atoms with E-state index in [4.69, 9.17) is 11.5 Å². The van der Waals surface area contributed by atoms with Crippen LogP contribution in [0, 0.1) is 0 Å². The first kappa shape index (κ1) is 30.8. The van der Waals surface area contributed by atoms with Crippen molar-refractivity contribution < 1.29 is 39.6 Å². The molecule has 0 aliphatic rings. The first-order chi connectivity index (χ1) is 18.0. The van der Waals surface area contributed by atoms with Crippen LogP contribution in [0.1, 0.15) is 11.1 Å². The van der Waals surface area contributed by atoms with E-state index in [9.17, 15) is 39.6 Å². The van der Waals surface area contributed by atoms with Crippen LogP contribution in [0.3, 0.4) is 0 Å². The van der Waals surface area contributed by atoms with Crippen LogP contribution in [-0.4, -0.2) is 79.9 Å². The van der Waals surface area contributed by atoms with E-state index in [-0.39, 0.29) is 35.8 Å². The lowest BCUT2D eigenvalue weighted by Gasteiger charge is -2.19. The van der Waals surface area contributed by atoms with Crippen molar-refractivity contribution in [3.63, 3.8) is 0 Å². The van der Waals surface area contributed by atoms with Crippen LogP contribution in [0.15, 0.2) is 48.5 Å². The Morgan fingerprint density at radius 3 is 1.26 bits per heavy atom. The zero-order chi connectivity index (χ0) is 28.2. The topological polar surface area (TPSA) is 225 Å².